The van der Waals surface area contributed by atoms with Gasteiger partial charge in [-0.25, -0.2) is 9.89 Å². The monoisotopic (exact) mass is 483 g/mol. The standard InChI is InChI=1S/C25H33N5O3S/c1-3-16(2)26-22(32)15-34-25-29-19-12-8-7-11-18(19)23-28-20(24(33)30(23)25)13-14-21(31)27-17-9-5-4-6-10-17/h7-8,11-12,16-17,20H,3-6,9-10,13-15H2,1-2H3,(H,26,32)(H,27,31)/t16-,20-/m0/s1. The maximum Gasteiger partial charge on any atom is 0.259 e. The molecule has 0 radical (unpaired) electrons. The molecular formula is C25H33N5O3S. The molecule has 4 rings (SSSR count). The highest BCUT2D eigenvalue weighted by atomic mass is 32.2. The lowest BCUT2D eigenvalue weighted by Crippen LogP contribution is -2.42. The Morgan fingerprint density at radius 3 is 2.71 bits per heavy atom. The fraction of sp³-hybridized carbons (Fsp3) is 0.560. The van der Waals surface area contributed by atoms with Gasteiger partial charge in [0.05, 0.1) is 11.4 Å². The summed E-state index contributed by atoms with van der Waals surface area (Å²) in [6, 6.07) is 7.27. The van der Waals surface area contributed by atoms with Crippen molar-refractivity contribution in [1.82, 2.24) is 15.5 Å². The summed E-state index contributed by atoms with van der Waals surface area (Å²) >= 11 is 1.23. The minimum absolute atomic E-state index is 0.0184. The quantitative estimate of drug-likeness (QED) is 0.590. The van der Waals surface area contributed by atoms with E-state index < -0.39 is 6.04 Å². The summed E-state index contributed by atoms with van der Waals surface area (Å²) < 4.78 is 0. The number of fused-ring (bicyclic) bond motifs is 3. The van der Waals surface area contributed by atoms with Crippen molar-refractivity contribution in [2.24, 2.45) is 9.98 Å². The third kappa shape index (κ3) is 5.68. The Hall–Kier alpha value is -2.68. The molecule has 3 aliphatic rings. The largest absolute Gasteiger partial charge is 0.353 e. The number of carbonyl (C=O) groups excluding carboxylic acids is 3. The Labute approximate surface area is 205 Å². The molecular weight excluding hydrogens is 450 g/mol. The van der Waals surface area contributed by atoms with Crippen molar-refractivity contribution in [2.75, 3.05) is 5.75 Å². The molecule has 0 bridgehead atoms. The van der Waals surface area contributed by atoms with E-state index in [-0.39, 0.29) is 42.0 Å². The number of carbonyl (C=O) groups is 3. The molecule has 3 amide bonds. The van der Waals surface area contributed by atoms with Gasteiger partial charge in [-0.1, -0.05) is 50.1 Å². The number of para-hydroxylation sites is 1. The van der Waals surface area contributed by atoms with Crippen LogP contribution in [0.3, 0.4) is 0 Å². The van der Waals surface area contributed by atoms with Crippen LogP contribution < -0.4 is 10.6 Å². The first-order valence-electron chi connectivity index (χ1n) is 12.3. The fourth-order valence-corrected chi connectivity index (χ4v) is 5.26. The molecule has 1 saturated carbocycles. The van der Waals surface area contributed by atoms with E-state index in [2.05, 4.69) is 15.6 Å². The second-order valence-corrected chi connectivity index (χ2v) is 10.1. The summed E-state index contributed by atoms with van der Waals surface area (Å²) in [5, 5.41) is 6.51. The number of rotatable bonds is 8. The lowest BCUT2D eigenvalue weighted by Gasteiger charge is -2.25. The van der Waals surface area contributed by atoms with Crippen LogP contribution in [-0.2, 0) is 14.4 Å². The number of hydrogen-bond acceptors (Lipinski definition) is 6. The molecule has 0 aromatic heterocycles. The normalized spacial score (nSPS) is 20.7. The van der Waals surface area contributed by atoms with Crippen molar-refractivity contribution in [3.63, 3.8) is 0 Å². The van der Waals surface area contributed by atoms with E-state index in [0.717, 1.165) is 43.4 Å². The van der Waals surface area contributed by atoms with Crippen LogP contribution in [0.25, 0.3) is 0 Å². The Balaban J connectivity index is 1.43. The molecule has 8 nitrogen and oxygen atoms in total. The average molecular weight is 484 g/mol. The summed E-state index contributed by atoms with van der Waals surface area (Å²) in [5.41, 5.74) is 1.52. The lowest BCUT2D eigenvalue weighted by molar-refractivity contribution is -0.125. The second kappa shape index (κ2) is 11.2. The van der Waals surface area contributed by atoms with Crippen molar-refractivity contribution in [3.8, 4) is 0 Å². The number of amidine groups is 2. The summed E-state index contributed by atoms with van der Waals surface area (Å²) in [4.78, 5) is 49.0. The molecule has 1 aromatic rings. The summed E-state index contributed by atoms with van der Waals surface area (Å²) in [5.74, 6) is 0.412. The molecule has 1 aromatic carbocycles. The van der Waals surface area contributed by atoms with Gasteiger partial charge in [0.2, 0.25) is 11.8 Å². The highest BCUT2D eigenvalue weighted by molar-refractivity contribution is 8.14. The Bertz CT molecular complexity index is 1000. The highest BCUT2D eigenvalue weighted by Crippen LogP contribution is 2.34. The number of aliphatic imine (C=N–C) groups is 2. The predicted molar refractivity (Wildman–Crippen MR) is 135 cm³/mol. The molecule has 1 aliphatic carbocycles. The summed E-state index contributed by atoms with van der Waals surface area (Å²) in [6.45, 7) is 3.97. The third-order valence-electron chi connectivity index (χ3n) is 6.51. The van der Waals surface area contributed by atoms with Crippen LogP contribution in [0.1, 0.15) is 70.8 Å². The number of benzene rings is 1. The maximum absolute atomic E-state index is 13.3. The van der Waals surface area contributed by atoms with Crippen LogP contribution in [0.4, 0.5) is 5.69 Å². The van der Waals surface area contributed by atoms with Gasteiger partial charge in [-0.05, 0) is 44.7 Å². The first kappa shape index (κ1) is 24.4. The zero-order valence-electron chi connectivity index (χ0n) is 19.9. The molecule has 34 heavy (non-hydrogen) atoms. The first-order chi connectivity index (χ1) is 16.5. The van der Waals surface area contributed by atoms with Crippen LogP contribution in [0.15, 0.2) is 34.3 Å². The van der Waals surface area contributed by atoms with Crippen LogP contribution in [0, 0.1) is 0 Å². The van der Waals surface area contributed by atoms with Gasteiger partial charge in [-0.3, -0.25) is 19.4 Å². The van der Waals surface area contributed by atoms with Crippen molar-refractivity contribution in [2.45, 2.75) is 83.3 Å². The Morgan fingerprint density at radius 2 is 1.94 bits per heavy atom. The van der Waals surface area contributed by atoms with Crippen LogP contribution in [-0.4, -0.2) is 57.5 Å². The van der Waals surface area contributed by atoms with E-state index in [0.29, 0.717) is 17.4 Å². The zero-order chi connectivity index (χ0) is 24.1. The van der Waals surface area contributed by atoms with Gasteiger partial charge in [0.15, 0.2) is 5.17 Å². The van der Waals surface area contributed by atoms with E-state index in [4.69, 9.17) is 4.99 Å². The molecule has 2 atom stereocenters. The second-order valence-electron chi connectivity index (χ2n) is 9.16. The van der Waals surface area contributed by atoms with Gasteiger partial charge in [0, 0.05) is 24.1 Å². The molecule has 0 saturated heterocycles. The molecule has 9 heteroatoms. The number of hydrogen-bond donors (Lipinski definition) is 2. The van der Waals surface area contributed by atoms with Crippen molar-refractivity contribution in [1.29, 1.82) is 0 Å². The topological polar surface area (TPSA) is 103 Å². The molecule has 0 unspecified atom stereocenters. The Kier molecular flexibility index (Phi) is 8.03. The van der Waals surface area contributed by atoms with E-state index in [1.807, 2.05) is 38.1 Å². The van der Waals surface area contributed by atoms with E-state index >= 15 is 0 Å². The third-order valence-corrected chi connectivity index (χ3v) is 7.45. The summed E-state index contributed by atoms with van der Waals surface area (Å²) in [6.07, 6.45) is 7.07. The van der Waals surface area contributed by atoms with E-state index in [1.54, 1.807) is 0 Å². The van der Waals surface area contributed by atoms with Crippen molar-refractivity contribution >= 4 is 46.2 Å². The highest BCUT2D eigenvalue weighted by Gasteiger charge is 2.41. The molecule has 2 aliphatic heterocycles. The molecule has 2 N–H and O–H groups in total. The first-order valence-corrected chi connectivity index (χ1v) is 13.3. The van der Waals surface area contributed by atoms with Crippen LogP contribution in [0.2, 0.25) is 0 Å². The van der Waals surface area contributed by atoms with E-state index in [9.17, 15) is 14.4 Å². The van der Waals surface area contributed by atoms with Gasteiger partial charge in [0.1, 0.15) is 11.9 Å². The maximum atomic E-state index is 13.3. The minimum Gasteiger partial charge on any atom is -0.353 e. The SMILES string of the molecule is CC[C@H](C)NC(=O)CSC1=Nc2ccccc2C2=N[C@@H](CCC(=O)NC3CCCCC3)C(=O)N12. The molecule has 182 valence electrons. The number of amides is 3. The number of nitrogens with one attached hydrogen (secondary N) is 2. The molecule has 1 fully saturated rings. The van der Waals surface area contributed by atoms with Crippen molar-refractivity contribution in [3.05, 3.63) is 29.8 Å². The van der Waals surface area contributed by atoms with Gasteiger partial charge in [0.25, 0.3) is 5.91 Å². The number of nitrogens with zero attached hydrogens (tertiary/aromatic N) is 3. The van der Waals surface area contributed by atoms with E-state index in [1.165, 1.54) is 23.1 Å². The van der Waals surface area contributed by atoms with Gasteiger partial charge in [-0.15, -0.1) is 0 Å². The molecule has 2 heterocycles. The van der Waals surface area contributed by atoms with Crippen LogP contribution in [0.5, 0.6) is 0 Å². The minimum atomic E-state index is -0.627. The van der Waals surface area contributed by atoms with Crippen molar-refractivity contribution < 1.29 is 14.4 Å². The predicted octanol–water partition coefficient (Wildman–Crippen LogP) is 3.52. The van der Waals surface area contributed by atoms with Gasteiger partial charge >= 0.3 is 0 Å². The van der Waals surface area contributed by atoms with Crippen LogP contribution >= 0.6 is 11.8 Å². The fourth-order valence-electron chi connectivity index (χ4n) is 4.45. The molecule has 0 spiro atoms. The zero-order valence-corrected chi connectivity index (χ0v) is 20.7. The lowest BCUT2D eigenvalue weighted by atomic mass is 9.95. The average Bonchev–Trinajstić information content (AvgIpc) is 3.18. The van der Waals surface area contributed by atoms with Gasteiger partial charge < -0.3 is 10.6 Å². The number of thioether (sulfide) groups is 1. The Morgan fingerprint density at radius 1 is 1.18 bits per heavy atom. The smallest absolute Gasteiger partial charge is 0.259 e. The van der Waals surface area contributed by atoms with Gasteiger partial charge in [-0.2, -0.15) is 0 Å². The summed E-state index contributed by atoms with van der Waals surface area (Å²) in [7, 11) is 0.